The molecule has 5 heteroatoms. The SMILES string of the molecule is N#CC(CCSc1cc(F)ccc1F)NC1CC1. The average Bonchev–Trinajstić information content (AvgIpc) is 3.16. The zero-order valence-corrected chi connectivity index (χ0v) is 10.6. The summed E-state index contributed by atoms with van der Waals surface area (Å²) in [5.74, 6) is -0.255. The molecule has 0 bridgehead atoms. The van der Waals surface area contributed by atoms with Crippen molar-refractivity contribution >= 4 is 11.8 Å². The smallest absolute Gasteiger partial charge is 0.136 e. The van der Waals surface area contributed by atoms with Gasteiger partial charge in [-0.1, -0.05) is 0 Å². The van der Waals surface area contributed by atoms with Crippen molar-refractivity contribution in [1.82, 2.24) is 5.32 Å². The summed E-state index contributed by atoms with van der Waals surface area (Å²) < 4.78 is 26.3. The van der Waals surface area contributed by atoms with Crippen LogP contribution in [0.25, 0.3) is 0 Å². The predicted molar refractivity (Wildman–Crippen MR) is 67.3 cm³/mol. The highest BCUT2D eigenvalue weighted by molar-refractivity contribution is 7.99. The molecule has 2 rings (SSSR count). The van der Waals surface area contributed by atoms with E-state index in [1.807, 2.05) is 0 Å². The highest BCUT2D eigenvalue weighted by atomic mass is 32.2. The number of hydrogen-bond donors (Lipinski definition) is 1. The molecule has 1 aliphatic carbocycles. The Labute approximate surface area is 109 Å². The number of thioether (sulfide) groups is 1. The summed E-state index contributed by atoms with van der Waals surface area (Å²) in [6.45, 7) is 0. The van der Waals surface area contributed by atoms with E-state index in [-0.39, 0.29) is 6.04 Å². The van der Waals surface area contributed by atoms with Crippen LogP contribution in [0.15, 0.2) is 23.1 Å². The van der Waals surface area contributed by atoms with Crippen LogP contribution >= 0.6 is 11.8 Å². The van der Waals surface area contributed by atoms with Crippen LogP contribution < -0.4 is 5.32 Å². The van der Waals surface area contributed by atoms with Crippen LogP contribution in [0.2, 0.25) is 0 Å². The lowest BCUT2D eigenvalue weighted by atomic mass is 10.2. The van der Waals surface area contributed by atoms with E-state index in [1.165, 1.54) is 17.8 Å². The molecule has 0 saturated heterocycles. The first-order valence-corrected chi connectivity index (χ1v) is 6.91. The van der Waals surface area contributed by atoms with Gasteiger partial charge in [-0.2, -0.15) is 5.26 Å². The van der Waals surface area contributed by atoms with Gasteiger partial charge in [-0.05, 0) is 37.5 Å². The van der Waals surface area contributed by atoms with Crippen molar-refractivity contribution in [3.8, 4) is 6.07 Å². The molecule has 0 amide bonds. The van der Waals surface area contributed by atoms with Crippen LogP contribution in [0.3, 0.4) is 0 Å². The summed E-state index contributed by atoms with van der Waals surface area (Å²) in [5, 5.41) is 12.2. The van der Waals surface area contributed by atoms with Crippen LogP contribution in [-0.2, 0) is 0 Å². The molecule has 1 aliphatic rings. The minimum absolute atomic E-state index is 0.193. The van der Waals surface area contributed by atoms with Crippen molar-refractivity contribution < 1.29 is 8.78 Å². The molecule has 1 fully saturated rings. The van der Waals surface area contributed by atoms with Crippen LogP contribution in [0.4, 0.5) is 8.78 Å². The molecule has 1 saturated carbocycles. The summed E-state index contributed by atoms with van der Waals surface area (Å²) in [6.07, 6.45) is 2.89. The average molecular weight is 268 g/mol. The molecular formula is C13H14F2N2S. The van der Waals surface area contributed by atoms with E-state index in [4.69, 9.17) is 5.26 Å². The standard InChI is InChI=1S/C13H14F2N2S/c14-9-1-4-12(15)13(7-9)18-6-5-11(8-16)17-10-2-3-10/h1,4,7,10-11,17H,2-3,5-6H2. The van der Waals surface area contributed by atoms with E-state index in [1.54, 1.807) is 0 Å². The first-order chi connectivity index (χ1) is 8.69. The monoisotopic (exact) mass is 268 g/mol. The minimum Gasteiger partial charge on any atom is -0.299 e. The van der Waals surface area contributed by atoms with E-state index in [0.29, 0.717) is 23.1 Å². The molecule has 1 aromatic rings. The molecule has 0 radical (unpaired) electrons. The molecule has 0 spiro atoms. The number of nitrogens with one attached hydrogen (secondary N) is 1. The molecule has 0 aromatic heterocycles. The lowest BCUT2D eigenvalue weighted by Crippen LogP contribution is -2.29. The summed E-state index contributed by atoms with van der Waals surface area (Å²) >= 11 is 1.25. The molecule has 0 heterocycles. The largest absolute Gasteiger partial charge is 0.299 e. The third kappa shape index (κ3) is 3.97. The number of nitrogens with zero attached hydrogens (tertiary/aromatic N) is 1. The summed E-state index contributed by atoms with van der Waals surface area (Å²) in [7, 11) is 0. The minimum atomic E-state index is -0.438. The van der Waals surface area contributed by atoms with Gasteiger partial charge >= 0.3 is 0 Å². The van der Waals surface area contributed by atoms with Gasteiger partial charge in [-0.25, -0.2) is 8.78 Å². The van der Waals surface area contributed by atoms with E-state index in [2.05, 4.69) is 11.4 Å². The van der Waals surface area contributed by atoms with E-state index >= 15 is 0 Å². The zero-order valence-electron chi connectivity index (χ0n) is 9.83. The molecule has 2 nitrogen and oxygen atoms in total. The van der Waals surface area contributed by atoms with Crippen LogP contribution in [0.5, 0.6) is 0 Å². The lowest BCUT2D eigenvalue weighted by Gasteiger charge is -2.10. The van der Waals surface area contributed by atoms with Crippen molar-refractivity contribution in [1.29, 1.82) is 5.26 Å². The number of benzene rings is 1. The zero-order chi connectivity index (χ0) is 13.0. The van der Waals surface area contributed by atoms with Gasteiger partial charge in [0.15, 0.2) is 0 Å². The third-order valence-corrected chi connectivity index (χ3v) is 3.79. The molecule has 1 aromatic carbocycles. The topological polar surface area (TPSA) is 35.8 Å². The highest BCUT2D eigenvalue weighted by Gasteiger charge is 2.24. The first kappa shape index (κ1) is 13.3. The molecule has 1 atom stereocenters. The van der Waals surface area contributed by atoms with E-state index in [0.717, 1.165) is 25.0 Å². The maximum Gasteiger partial charge on any atom is 0.136 e. The second-order valence-corrected chi connectivity index (χ2v) is 5.47. The fraction of sp³-hybridized carbons (Fsp3) is 0.462. The van der Waals surface area contributed by atoms with Gasteiger partial charge in [-0.3, -0.25) is 5.32 Å². The van der Waals surface area contributed by atoms with Gasteiger partial charge in [0.05, 0.1) is 12.1 Å². The molecule has 18 heavy (non-hydrogen) atoms. The Kier molecular flexibility index (Phi) is 4.56. The van der Waals surface area contributed by atoms with Crippen LogP contribution in [-0.4, -0.2) is 17.8 Å². The van der Waals surface area contributed by atoms with Crippen LogP contribution in [0, 0.1) is 23.0 Å². The van der Waals surface area contributed by atoms with Crippen molar-refractivity contribution in [3.63, 3.8) is 0 Å². The maximum atomic E-state index is 13.3. The Morgan fingerprint density at radius 3 is 2.89 bits per heavy atom. The molecule has 0 aliphatic heterocycles. The van der Waals surface area contributed by atoms with Gasteiger partial charge in [-0.15, -0.1) is 11.8 Å². The summed E-state index contributed by atoms with van der Waals surface area (Å²) in [4.78, 5) is 0.304. The fourth-order valence-corrected chi connectivity index (χ4v) is 2.57. The second kappa shape index (κ2) is 6.17. The van der Waals surface area contributed by atoms with Gasteiger partial charge in [0.25, 0.3) is 0 Å². The molecule has 1 N–H and O–H groups in total. The van der Waals surface area contributed by atoms with Crippen molar-refractivity contribution in [3.05, 3.63) is 29.8 Å². The van der Waals surface area contributed by atoms with Gasteiger partial charge in [0, 0.05) is 16.7 Å². The Hall–Kier alpha value is -1.12. The van der Waals surface area contributed by atoms with Crippen LogP contribution in [0.1, 0.15) is 19.3 Å². The molecule has 1 unspecified atom stereocenters. The van der Waals surface area contributed by atoms with Crippen molar-refractivity contribution in [2.45, 2.75) is 36.2 Å². The van der Waals surface area contributed by atoms with Gasteiger partial charge in [0.2, 0.25) is 0 Å². The second-order valence-electron chi connectivity index (χ2n) is 4.33. The maximum absolute atomic E-state index is 13.3. The number of halogens is 2. The van der Waals surface area contributed by atoms with Gasteiger partial charge in [0.1, 0.15) is 11.6 Å². The normalized spacial score (nSPS) is 16.3. The highest BCUT2D eigenvalue weighted by Crippen LogP contribution is 2.24. The fourth-order valence-electron chi connectivity index (χ4n) is 1.59. The summed E-state index contributed by atoms with van der Waals surface area (Å²) in [6, 6.07) is 5.90. The number of rotatable bonds is 6. The molecular weight excluding hydrogens is 254 g/mol. The number of hydrogen-bond acceptors (Lipinski definition) is 3. The van der Waals surface area contributed by atoms with E-state index < -0.39 is 11.6 Å². The Bertz CT molecular complexity index is 455. The number of nitriles is 1. The quantitative estimate of drug-likeness (QED) is 0.805. The Morgan fingerprint density at radius 1 is 1.44 bits per heavy atom. The Morgan fingerprint density at radius 2 is 2.22 bits per heavy atom. The van der Waals surface area contributed by atoms with E-state index in [9.17, 15) is 8.78 Å². The molecule has 96 valence electrons. The Balaban J connectivity index is 1.79. The van der Waals surface area contributed by atoms with Crippen molar-refractivity contribution in [2.24, 2.45) is 0 Å². The summed E-state index contributed by atoms with van der Waals surface area (Å²) in [5.41, 5.74) is 0. The predicted octanol–water partition coefficient (Wildman–Crippen LogP) is 3.09. The lowest BCUT2D eigenvalue weighted by molar-refractivity contribution is 0.575. The first-order valence-electron chi connectivity index (χ1n) is 5.92. The van der Waals surface area contributed by atoms with Gasteiger partial charge < -0.3 is 0 Å². The van der Waals surface area contributed by atoms with Crippen molar-refractivity contribution in [2.75, 3.05) is 5.75 Å². The third-order valence-electron chi connectivity index (χ3n) is 2.73.